The van der Waals surface area contributed by atoms with Crippen LogP contribution in [0.4, 0.5) is 8.78 Å². The van der Waals surface area contributed by atoms with Gasteiger partial charge in [0.2, 0.25) is 0 Å². The highest BCUT2D eigenvalue weighted by atomic mass is 19.3. The van der Waals surface area contributed by atoms with Gasteiger partial charge in [0.05, 0.1) is 6.61 Å². The molecule has 0 saturated carbocycles. The first-order valence-electron chi connectivity index (χ1n) is 8.05. The monoisotopic (exact) mass is 290 g/mol. The van der Waals surface area contributed by atoms with Gasteiger partial charge in [-0.1, -0.05) is 13.3 Å². The Labute approximate surface area is 121 Å². The summed E-state index contributed by atoms with van der Waals surface area (Å²) in [6.45, 7) is 4.11. The van der Waals surface area contributed by atoms with Crippen molar-refractivity contribution in [2.75, 3.05) is 26.3 Å². The highest BCUT2D eigenvalue weighted by molar-refractivity contribution is 4.94. The number of nitrogens with zero attached hydrogens (tertiary/aromatic N) is 1. The predicted molar refractivity (Wildman–Crippen MR) is 76.3 cm³/mol. The van der Waals surface area contributed by atoms with Gasteiger partial charge in [0, 0.05) is 24.7 Å². The van der Waals surface area contributed by atoms with Crippen LogP contribution >= 0.6 is 0 Å². The molecule has 2 saturated heterocycles. The number of halogens is 2. The third-order valence-electron chi connectivity index (χ3n) is 4.55. The van der Waals surface area contributed by atoms with Gasteiger partial charge in [-0.25, -0.2) is 8.78 Å². The largest absolute Gasteiger partial charge is 0.374 e. The molecular weight excluding hydrogens is 262 g/mol. The van der Waals surface area contributed by atoms with Crippen molar-refractivity contribution in [3.8, 4) is 0 Å². The van der Waals surface area contributed by atoms with E-state index in [-0.39, 0.29) is 0 Å². The highest BCUT2D eigenvalue weighted by Crippen LogP contribution is 2.33. The Balaban J connectivity index is 1.76. The van der Waals surface area contributed by atoms with E-state index in [4.69, 9.17) is 4.74 Å². The topological polar surface area (TPSA) is 24.5 Å². The molecule has 0 aromatic rings. The molecule has 2 rings (SSSR count). The number of ether oxygens (including phenoxy) is 1. The van der Waals surface area contributed by atoms with E-state index >= 15 is 0 Å². The fourth-order valence-electron chi connectivity index (χ4n) is 3.70. The van der Waals surface area contributed by atoms with Gasteiger partial charge in [-0.3, -0.25) is 4.90 Å². The maximum atomic E-state index is 12.1. The van der Waals surface area contributed by atoms with E-state index in [2.05, 4.69) is 17.1 Å². The SMILES string of the molecule is CCCNC1CC2CCCC(C1)N2CCOCC(F)F. The summed E-state index contributed by atoms with van der Waals surface area (Å²) in [5.41, 5.74) is 0. The Morgan fingerprint density at radius 1 is 1.25 bits per heavy atom. The van der Waals surface area contributed by atoms with Crippen LogP contribution in [0.2, 0.25) is 0 Å². The first-order valence-corrected chi connectivity index (χ1v) is 8.05. The minimum Gasteiger partial charge on any atom is -0.374 e. The van der Waals surface area contributed by atoms with Crippen molar-refractivity contribution in [1.82, 2.24) is 10.2 Å². The second kappa shape index (κ2) is 8.25. The lowest BCUT2D eigenvalue weighted by molar-refractivity contribution is -0.0238. The molecule has 5 heteroatoms. The van der Waals surface area contributed by atoms with Gasteiger partial charge in [-0.2, -0.15) is 0 Å². The molecule has 2 aliphatic rings. The van der Waals surface area contributed by atoms with E-state index in [1.165, 1.54) is 38.5 Å². The van der Waals surface area contributed by atoms with E-state index in [1.807, 2.05) is 0 Å². The van der Waals surface area contributed by atoms with Crippen molar-refractivity contribution in [2.45, 2.75) is 70.0 Å². The quantitative estimate of drug-likeness (QED) is 0.696. The summed E-state index contributed by atoms with van der Waals surface area (Å²) in [4.78, 5) is 2.51. The van der Waals surface area contributed by atoms with Gasteiger partial charge in [0.15, 0.2) is 0 Å². The van der Waals surface area contributed by atoms with E-state index < -0.39 is 13.0 Å². The van der Waals surface area contributed by atoms with Crippen LogP contribution in [0.25, 0.3) is 0 Å². The van der Waals surface area contributed by atoms with Crippen molar-refractivity contribution < 1.29 is 13.5 Å². The molecule has 2 bridgehead atoms. The lowest BCUT2D eigenvalue weighted by Gasteiger charge is -2.49. The number of hydrogen-bond acceptors (Lipinski definition) is 3. The number of nitrogens with one attached hydrogen (secondary N) is 1. The van der Waals surface area contributed by atoms with Crippen molar-refractivity contribution in [3.63, 3.8) is 0 Å². The molecule has 20 heavy (non-hydrogen) atoms. The summed E-state index contributed by atoms with van der Waals surface area (Å²) in [7, 11) is 0. The molecule has 2 aliphatic heterocycles. The molecule has 1 N–H and O–H groups in total. The Kier molecular flexibility index (Phi) is 6.65. The Bertz CT molecular complexity index is 265. The van der Waals surface area contributed by atoms with Crippen LogP contribution in [-0.4, -0.2) is 55.8 Å². The third kappa shape index (κ3) is 4.64. The number of piperidine rings is 2. The minimum atomic E-state index is -2.35. The molecule has 0 amide bonds. The highest BCUT2D eigenvalue weighted by Gasteiger charge is 2.37. The molecule has 0 spiro atoms. The van der Waals surface area contributed by atoms with E-state index in [0.717, 1.165) is 13.1 Å². The summed E-state index contributed by atoms with van der Waals surface area (Å²) in [5, 5.41) is 3.65. The smallest absolute Gasteiger partial charge is 0.261 e. The average Bonchev–Trinajstić information content (AvgIpc) is 2.40. The molecule has 2 atom stereocenters. The van der Waals surface area contributed by atoms with Crippen LogP contribution in [0.15, 0.2) is 0 Å². The van der Waals surface area contributed by atoms with E-state index in [1.54, 1.807) is 0 Å². The van der Waals surface area contributed by atoms with Crippen molar-refractivity contribution >= 4 is 0 Å². The fraction of sp³-hybridized carbons (Fsp3) is 1.00. The van der Waals surface area contributed by atoms with Gasteiger partial charge in [-0.15, -0.1) is 0 Å². The molecule has 3 nitrogen and oxygen atoms in total. The number of alkyl halides is 2. The zero-order chi connectivity index (χ0) is 14.4. The molecule has 0 aliphatic carbocycles. The molecule has 118 valence electrons. The minimum absolute atomic E-state index is 0.427. The van der Waals surface area contributed by atoms with Gasteiger partial charge >= 0.3 is 0 Å². The van der Waals surface area contributed by atoms with Crippen molar-refractivity contribution in [1.29, 1.82) is 0 Å². The molecular formula is C15H28F2N2O. The second-order valence-electron chi connectivity index (χ2n) is 6.06. The third-order valence-corrected chi connectivity index (χ3v) is 4.55. The summed E-state index contributed by atoms with van der Waals surface area (Å²) in [6, 6.07) is 1.88. The van der Waals surface area contributed by atoms with E-state index in [9.17, 15) is 8.78 Å². The first kappa shape index (κ1) is 16.1. The lowest BCUT2D eigenvalue weighted by atomic mass is 9.81. The first-order chi connectivity index (χ1) is 9.70. The summed E-state index contributed by atoms with van der Waals surface area (Å²) in [5.74, 6) is 0. The zero-order valence-electron chi connectivity index (χ0n) is 12.5. The van der Waals surface area contributed by atoms with Crippen LogP contribution in [0.1, 0.15) is 45.4 Å². The normalized spacial score (nSPS) is 30.9. The lowest BCUT2D eigenvalue weighted by Crippen LogP contribution is -2.57. The van der Waals surface area contributed by atoms with Crippen molar-refractivity contribution in [2.24, 2.45) is 0 Å². The summed E-state index contributed by atoms with van der Waals surface area (Å²) >= 11 is 0. The maximum absolute atomic E-state index is 12.1. The predicted octanol–water partition coefficient (Wildman–Crippen LogP) is 2.65. The standard InChI is InChI=1S/C15H28F2N2O/c1-2-6-18-12-9-13-4-3-5-14(10-12)19(13)7-8-20-11-15(16)17/h12-15,18H,2-11H2,1H3. The molecule has 2 heterocycles. The Morgan fingerprint density at radius 2 is 1.95 bits per heavy atom. The van der Waals surface area contributed by atoms with E-state index in [0.29, 0.717) is 24.7 Å². The number of hydrogen-bond donors (Lipinski definition) is 1. The zero-order valence-corrected chi connectivity index (χ0v) is 12.5. The molecule has 0 aromatic heterocycles. The maximum Gasteiger partial charge on any atom is 0.261 e. The summed E-state index contributed by atoms with van der Waals surface area (Å²) < 4.78 is 29.2. The summed E-state index contributed by atoms with van der Waals surface area (Å²) in [6.07, 6.45) is 5.03. The van der Waals surface area contributed by atoms with Crippen LogP contribution < -0.4 is 5.32 Å². The second-order valence-corrected chi connectivity index (χ2v) is 6.06. The van der Waals surface area contributed by atoms with Crippen LogP contribution in [0.5, 0.6) is 0 Å². The number of fused-ring (bicyclic) bond motifs is 2. The van der Waals surface area contributed by atoms with Crippen molar-refractivity contribution in [3.05, 3.63) is 0 Å². The van der Waals surface area contributed by atoms with Crippen LogP contribution in [0, 0.1) is 0 Å². The fourth-order valence-corrected chi connectivity index (χ4v) is 3.70. The van der Waals surface area contributed by atoms with Gasteiger partial charge in [-0.05, 0) is 38.6 Å². The van der Waals surface area contributed by atoms with Gasteiger partial charge < -0.3 is 10.1 Å². The Hall–Kier alpha value is -0.260. The molecule has 2 unspecified atom stereocenters. The number of rotatable bonds is 8. The van der Waals surface area contributed by atoms with Crippen LogP contribution in [0.3, 0.4) is 0 Å². The molecule has 0 aromatic carbocycles. The average molecular weight is 290 g/mol. The van der Waals surface area contributed by atoms with Gasteiger partial charge in [0.25, 0.3) is 6.43 Å². The molecule has 2 fully saturated rings. The van der Waals surface area contributed by atoms with Gasteiger partial charge in [0.1, 0.15) is 6.61 Å². The van der Waals surface area contributed by atoms with Crippen LogP contribution in [-0.2, 0) is 4.74 Å². The Morgan fingerprint density at radius 3 is 2.55 bits per heavy atom. The molecule has 0 radical (unpaired) electrons.